The first kappa shape index (κ1) is 14.7. The van der Waals surface area contributed by atoms with E-state index in [1.807, 2.05) is 0 Å². The third-order valence-electron chi connectivity index (χ3n) is 8.25. The zero-order chi connectivity index (χ0) is 15.5. The predicted molar refractivity (Wildman–Crippen MR) is 86.0 cm³/mol. The second-order valence-electron chi connectivity index (χ2n) is 8.90. The molecule has 0 bridgehead atoms. The maximum absolute atomic E-state index is 12.5. The molecule has 22 heavy (non-hydrogen) atoms. The molecule has 0 aromatic rings. The van der Waals surface area contributed by atoms with E-state index in [2.05, 4.69) is 19.0 Å². The van der Waals surface area contributed by atoms with Crippen molar-refractivity contribution in [2.45, 2.75) is 71.6 Å². The van der Waals surface area contributed by atoms with Gasteiger partial charge in [-0.05, 0) is 61.7 Å². The van der Waals surface area contributed by atoms with Gasteiger partial charge in [0.15, 0.2) is 0 Å². The van der Waals surface area contributed by atoms with E-state index >= 15 is 0 Å². The van der Waals surface area contributed by atoms with E-state index in [1.54, 1.807) is 0 Å². The zero-order valence-electron chi connectivity index (χ0n) is 14.0. The van der Waals surface area contributed by atoms with Crippen LogP contribution in [0.5, 0.6) is 0 Å². The molecule has 4 fully saturated rings. The molecule has 0 spiro atoms. The monoisotopic (exact) mass is 303 g/mol. The minimum Gasteiger partial charge on any atom is -0.411 e. The molecule has 3 heteroatoms. The molecular formula is C19H29NO2. The second-order valence-corrected chi connectivity index (χ2v) is 8.90. The van der Waals surface area contributed by atoms with Gasteiger partial charge in [0, 0.05) is 17.8 Å². The summed E-state index contributed by atoms with van der Waals surface area (Å²) in [5, 5.41) is 13.5. The first-order valence-corrected chi connectivity index (χ1v) is 9.25. The Hall–Kier alpha value is -0.860. The number of oxime groups is 1. The summed E-state index contributed by atoms with van der Waals surface area (Å²) in [6.07, 6.45) is 10.2. The molecule has 0 radical (unpaired) electrons. The summed E-state index contributed by atoms with van der Waals surface area (Å²) in [5.74, 6) is 2.55. The lowest BCUT2D eigenvalue weighted by molar-refractivity contribution is -0.132. The van der Waals surface area contributed by atoms with Crippen molar-refractivity contribution in [2.75, 3.05) is 0 Å². The number of hydrogen-bond acceptors (Lipinski definition) is 3. The molecule has 0 aromatic carbocycles. The molecule has 122 valence electrons. The summed E-state index contributed by atoms with van der Waals surface area (Å²) in [7, 11) is 0. The molecule has 0 aromatic heterocycles. The average Bonchev–Trinajstić information content (AvgIpc) is 2.82. The van der Waals surface area contributed by atoms with Crippen LogP contribution in [0.3, 0.4) is 0 Å². The Morgan fingerprint density at radius 3 is 2.68 bits per heavy atom. The fourth-order valence-corrected chi connectivity index (χ4v) is 6.87. The lowest BCUT2D eigenvalue weighted by Gasteiger charge is -2.59. The van der Waals surface area contributed by atoms with Gasteiger partial charge in [0.1, 0.15) is 5.78 Å². The first-order valence-electron chi connectivity index (χ1n) is 9.25. The van der Waals surface area contributed by atoms with Gasteiger partial charge in [-0.1, -0.05) is 31.8 Å². The summed E-state index contributed by atoms with van der Waals surface area (Å²) in [5.41, 5.74) is 1.29. The Morgan fingerprint density at radius 1 is 1.09 bits per heavy atom. The minimum absolute atomic E-state index is 0.144. The van der Waals surface area contributed by atoms with Gasteiger partial charge in [0.25, 0.3) is 0 Å². The van der Waals surface area contributed by atoms with Crippen LogP contribution in [0.25, 0.3) is 0 Å². The molecule has 0 saturated heterocycles. The lowest BCUT2D eigenvalue weighted by atomic mass is 9.45. The summed E-state index contributed by atoms with van der Waals surface area (Å²) < 4.78 is 0. The van der Waals surface area contributed by atoms with Crippen molar-refractivity contribution in [1.29, 1.82) is 0 Å². The van der Waals surface area contributed by atoms with Crippen molar-refractivity contribution < 1.29 is 10.0 Å². The molecule has 0 heterocycles. The Morgan fingerprint density at radius 2 is 1.91 bits per heavy atom. The fraction of sp³-hybridized carbons (Fsp3) is 0.895. The molecule has 4 aliphatic carbocycles. The van der Waals surface area contributed by atoms with Gasteiger partial charge >= 0.3 is 0 Å². The molecular weight excluding hydrogens is 274 g/mol. The van der Waals surface area contributed by atoms with E-state index < -0.39 is 0 Å². The van der Waals surface area contributed by atoms with Crippen molar-refractivity contribution in [2.24, 2.45) is 39.7 Å². The quantitative estimate of drug-likeness (QED) is 0.531. The van der Waals surface area contributed by atoms with E-state index in [0.29, 0.717) is 34.9 Å². The summed E-state index contributed by atoms with van der Waals surface area (Å²) in [4.78, 5) is 12.5. The van der Waals surface area contributed by atoms with E-state index in [1.165, 1.54) is 25.7 Å². The van der Waals surface area contributed by atoms with E-state index in [4.69, 9.17) is 0 Å². The van der Waals surface area contributed by atoms with Crippen LogP contribution in [0.1, 0.15) is 71.6 Å². The predicted octanol–water partition coefficient (Wildman–Crippen LogP) is 4.43. The SMILES string of the molecule is C[C@]12CCCCC1CC(=NO)[C@@H]1[C@@H]2CC[C@]2(C)C(=O)CC[C@@H]12. The Labute approximate surface area is 133 Å². The molecule has 0 amide bonds. The zero-order valence-corrected chi connectivity index (χ0v) is 14.0. The van der Waals surface area contributed by atoms with Gasteiger partial charge in [-0.2, -0.15) is 0 Å². The van der Waals surface area contributed by atoms with Crippen LogP contribution in [0.15, 0.2) is 5.16 Å². The highest BCUT2D eigenvalue weighted by Crippen LogP contribution is 2.64. The number of carbonyl (C=O) groups is 1. The molecule has 4 rings (SSSR count). The smallest absolute Gasteiger partial charge is 0.139 e. The van der Waals surface area contributed by atoms with Gasteiger partial charge in [0.05, 0.1) is 5.71 Å². The largest absolute Gasteiger partial charge is 0.411 e. The first-order chi connectivity index (χ1) is 10.5. The number of hydrogen-bond donors (Lipinski definition) is 1. The molecule has 4 aliphatic rings. The molecule has 6 atom stereocenters. The fourth-order valence-electron chi connectivity index (χ4n) is 6.87. The van der Waals surface area contributed by atoms with Gasteiger partial charge < -0.3 is 5.21 Å². The molecule has 1 unspecified atom stereocenters. The topological polar surface area (TPSA) is 49.7 Å². The average molecular weight is 303 g/mol. The second kappa shape index (κ2) is 4.82. The van der Waals surface area contributed by atoms with Crippen LogP contribution < -0.4 is 0 Å². The summed E-state index contributed by atoms with van der Waals surface area (Å²) >= 11 is 0. The van der Waals surface area contributed by atoms with Crippen molar-refractivity contribution in [3.8, 4) is 0 Å². The van der Waals surface area contributed by atoms with Crippen LogP contribution >= 0.6 is 0 Å². The van der Waals surface area contributed by atoms with E-state index in [0.717, 1.165) is 37.8 Å². The van der Waals surface area contributed by atoms with Gasteiger partial charge in [-0.15, -0.1) is 0 Å². The van der Waals surface area contributed by atoms with Crippen molar-refractivity contribution in [3.05, 3.63) is 0 Å². The van der Waals surface area contributed by atoms with Crippen LogP contribution in [0.4, 0.5) is 0 Å². The Balaban J connectivity index is 1.75. The van der Waals surface area contributed by atoms with Crippen LogP contribution in [-0.4, -0.2) is 16.7 Å². The van der Waals surface area contributed by atoms with Gasteiger partial charge in [-0.25, -0.2) is 0 Å². The van der Waals surface area contributed by atoms with Crippen molar-refractivity contribution in [1.82, 2.24) is 0 Å². The maximum atomic E-state index is 12.5. The Bertz CT molecular complexity index is 528. The molecule has 1 N–H and O–H groups in total. The number of fused-ring (bicyclic) bond motifs is 5. The highest BCUT2D eigenvalue weighted by Gasteiger charge is 2.61. The normalized spacial score (nSPS) is 53.0. The molecule has 3 nitrogen and oxygen atoms in total. The van der Waals surface area contributed by atoms with Crippen LogP contribution in [0, 0.1) is 34.5 Å². The number of carbonyl (C=O) groups excluding carboxylic acids is 1. The highest BCUT2D eigenvalue weighted by molar-refractivity contribution is 5.92. The Kier molecular flexibility index (Phi) is 3.22. The van der Waals surface area contributed by atoms with Crippen molar-refractivity contribution >= 4 is 11.5 Å². The number of Topliss-reactive ketones (excluding diaryl/α,β-unsaturated/α-hetero) is 1. The molecule has 0 aliphatic heterocycles. The lowest BCUT2D eigenvalue weighted by Crippen LogP contribution is -2.56. The third kappa shape index (κ3) is 1.74. The van der Waals surface area contributed by atoms with Crippen LogP contribution in [0.2, 0.25) is 0 Å². The number of ketones is 1. The third-order valence-corrected chi connectivity index (χ3v) is 8.25. The van der Waals surface area contributed by atoms with Gasteiger partial charge in [-0.3, -0.25) is 4.79 Å². The minimum atomic E-state index is -0.144. The number of rotatable bonds is 0. The summed E-state index contributed by atoms with van der Waals surface area (Å²) in [6, 6.07) is 0. The standard InChI is InChI=1S/C19H29NO2/c1-18-9-4-3-5-12(18)11-15(20-22)17-13-6-7-16(21)19(13,2)10-8-14(17)18/h12-14,17,22H,3-11H2,1-2H3/t12?,13-,14-,17-,18-,19-/m0/s1. The van der Waals surface area contributed by atoms with Gasteiger partial charge in [0.2, 0.25) is 0 Å². The molecule has 4 saturated carbocycles. The number of nitrogens with zero attached hydrogens (tertiary/aromatic N) is 1. The van der Waals surface area contributed by atoms with E-state index in [-0.39, 0.29) is 5.41 Å². The van der Waals surface area contributed by atoms with Crippen LogP contribution in [-0.2, 0) is 4.79 Å². The highest BCUT2D eigenvalue weighted by atomic mass is 16.4. The van der Waals surface area contributed by atoms with E-state index in [9.17, 15) is 10.0 Å². The van der Waals surface area contributed by atoms with Crippen molar-refractivity contribution in [3.63, 3.8) is 0 Å². The summed E-state index contributed by atoms with van der Waals surface area (Å²) in [6.45, 7) is 4.69. The maximum Gasteiger partial charge on any atom is 0.139 e.